The summed E-state index contributed by atoms with van der Waals surface area (Å²) >= 11 is 0. The van der Waals surface area contributed by atoms with E-state index < -0.39 is 17.4 Å². The summed E-state index contributed by atoms with van der Waals surface area (Å²) in [5.41, 5.74) is 2.46. The molecule has 0 fully saturated rings. The van der Waals surface area contributed by atoms with Crippen LogP contribution in [0.15, 0.2) is 0 Å². The number of nitrogens with zero attached hydrogens (tertiary/aromatic N) is 2. The van der Waals surface area contributed by atoms with E-state index in [1.807, 2.05) is 32.8 Å². The van der Waals surface area contributed by atoms with Gasteiger partial charge >= 0.3 is 11.9 Å². The summed E-state index contributed by atoms with van der Waals surface area (Å²) in [6.07, 6.45) is 0.562. The number of fused-ring (bicyclic) bond motifs is 1. The molecule has 0 amide bonds. The summed E-state index contributed by atoms with van der Waals surface area (Å²) in [5, 5.41) is 0. The highest BCUT2D eigenvalue weighted by Crippen LogP contribution is 2.43. The zero-order valence-electron chi connectivity index (χ0n) is 13.9. The fourth-order valence-electron chi connectivity index (χ4n) is 3.23. The molecule has 1 heterocycles. The number of ether oxygens (including phenoxy) is 2. The molecule has 0 N–H and O–H groups in total. The Labute approximate surface area is 130 Å². The van der Waals surface area contributed by atoms with Gasteiger partial charge in [0, 0.05) is 32.6 Å². The molecule has 0 spiro atoms. The Hall–Kier alpha value is -2.11. The summed E-state index contributed by atoms with van der Waals surface area (Å²) < 4.78 is 9.76. The van der Waals surface area contributed by atoms with Gasteiger partial charge in [0.2, 0.25) is 0 Å². The number of aryl methyl sites for hydroxylation is 1. The molecule has 0 bridgehead atoms. The van der Waals surface area contributed by atoms with Gasteiger partial charge in [-0.2, -0.15) is 0 Å². The van der Waals surface area contributed by atoms with E-state index in [0.717, 1.165) is 28.2 Å². The molecule has 0 saturated heterocycles. The monoisotopic (exact) mass is 306 g/mol. The van der Waals surface area contributed by atoms with Gasteiger partial charge in [0.15, 0.2) is 5.41 Å². The molecule has 2 rings (SSSR count). The highest BCUT2D eigenvalue weighted by atomic mass is 16.5. The summed E-state index contributed by atoms with van der Waals surface area (Å²) in [7, 11) is 6.42. The van der Waals surface area contributed by atoms with Gasteiger partial charge < -0.3 is 14.4 Å². The Morgan fingerprint density at radius 2 is 1.55 bits per heavy atom. The topological polar surface area (TPSA) is 68.7 Å². The fraction of sp³-hybridized carbons (Fsp3) is 0.562. The van der Waals surface area contributed by atoms with Gasteiger partial charge in [0.05, 0.1) is 14.2 Å². The molecule has 0 radical (unpaired) electrons. The van der Waals surface area contributed by atoms with Crippen LogP contribution in [0.25, 0.3) is 0 Å². The van der Waals surface area contributed by atoms with E-state index >= 15 is 0 Å². The molecule has 1 aliphatic rings. The lowest BCUT2D eigenvalue weighted by molar-refractivity contribution is -0.168. The van der Waals surface area contributed by atoms with Crippen LogP contribution in [0.3, 0.4) is 0 Å². The highest BCUT2D eigenvalue weighted by Gasteiger charge is 2.53. The number of hydrogen-bond donors (Lipinski definition) is 0. The van der Waals surface area contributed by atoms with Gasteiger partial charge in [-0.15, -0.1) is 0 Å². The van der Waals surface area contributed by atoms with Crippen LogP contribution in [0.2, 0.25) is 0 Å². The maximum absolute atomic E-state index is 12.3. The van der Waals surface area contributed by atoms with Gasteiger partial charge in [0.25, 0.3) is 0 Å². The Morgan fingerprint density at radius 3 is 2.00 bits per heavy atom. The number of methoxy groups -OCH3 is 2. The molecule has 6 nitrogen and oxygen atoms in total. The minimum atomic E-state index is -1.30. The number of anilines is 1. The van der Waals surface area contributed by atoms with E-state index in [4.69, 9.17) is 9.47 Å². The predicted molar refractivity (Wildman–Crippen MR) is 81.9 cm³/mol. The first-order valence-corrected chi connectivity index (χ1v) is 7.11. The lowest BCUT2D eigenvalue weighted by Crippen LogP contribution is -2.42. The second-order valence-corrected chi connectivity index (χ2v) is 5.92. The predicted octanol–water partition coefficient (Wildman–Crippen LogP) is 1.20. The van der Waals surface area contributed by atoms with Crippen molar-refractivity contribution in [3.8, 4) is 0 Å². The lowest BCUT2D eigenvalue weighted by Gasteiger charge is -2.22. The Balaban J connectivity index is 2.60. The van der Waals surface area contributed by atoms with E-state index in [1.165, 1.54) is 14.2 Å². The molecule has 0 atom stereocenters. The van der Waals surface area contributed by atoms with E-state index in [0.29, 0.717) is 0 Å². The molecule has 0 aromatic carbocycles. The van der Waals surface area contributed by atoms with Crippen LogP contribution in [0.1, 0.15) is 22.4 Å². The average Bonchev–Trinajstić information content (AvgIpc) is 2.91. The van der Waals surface area contributed by atoms with Crippen molar-refractivity contribution in [2.45, 2.75) is 26.7 Å². The summed E-state index contributed by atoms with van der Waals surface area (Å²) in [6, 6.07) is 0. The van der Waals surface area contributed by atoms with Crippen LogP contribution in [0, 0.1) is 19.3 Å². The first kappa shape index (κ1) is 16.3. The Kier molecular flexibility index (Phi) is 4.13. The molecular formula is C16H22N2O4. The van der Waals surface area contributed by atoms with Crippen molar-refractivity contribution in [2.75, 3.05) is 33.2 Å². The molecule has 120 valence electrons. The summed E-state index contributed by atoms with van der Waals surface area (Å²) in [5.74, 6) is -0.261. The van der Waals surface area contributed by atoms with Crippen LogP contribution in [-0.2, 0) is 31.9 Å². The smallest absolute Gasteiger partial charge is 0.323 e. The quantitative estimate of drug-likeness (QED) is 0.617. The van der Waals surface area contributed by atoms with Gasteiger partial charge in [0.1, 0.15) is 5.82 Å². The van der Waals surface area contributed by atoms with Gasteiger partial charge in [-0.05, 0) is 30.5 Å². The Morgan fingerprint density at radius 1 is 1.05 bits per heavy atom. The summed E-state index contributed by atoms with van der Waals surface area (Å²) in [4.78, 5) is 31.1. The number of carbonyl (C=O) groups is 2. The molecule has 1 aliphatic carbocycles. The fourth-order valence-corrected chi connectivity index (χ4v) is 3.23. The van der Waals surface area contributed by atoms with E-state index in [-0.39, 0.29) is 12.8 Å². The average molecular weight is 306 g/mol. The molecule has 22 heavy (non-hydrogen) atoms. The minimum absolute atomic E-state index is 0.273. The number of hydrogen-bond acceptors (Lipinski definition) is 6. The summed E-state index contributed by atoms with van der Waals surface area (Å²) in [6.45, 7) is 3.86. The van der Waals surface area contributed by atoms with Gasteiger partial charge in [-0.3, -0.25) is 9.59 Å². The second-order valence-electron chi connectivity index (χ2n) is 5.92. The number of aromatic nitrogens is 1. The molecule has 6 heteroatoms. The number of carbonyl (C=O) groups excluding carboxylic acids is 2. The van der Waals surface area contributed by atoms with E-state index in [9.17, 15) is 9.59 Å². The number of pyridine rings is 1. The van der Waals surface area contributed by atoms with Crippen LogP contribution >= 0.6 is 0 Å². The second kappa shape index (κ2) is 5.59. The standard InChI is InChI=1S/C16H22N2O4/c1-9-11-7-16(14(19)21-5,15(20)22-6)8-12(11)10(2)17-13(9)18(3)4/h7-8H2,1-6H3. The lowest BCUT2D eigenvalue weighted by atomic mass is 9.84. The van der Waals surface area contributed by atoms with Crippen LogP contribution in [0.4, 0.5) is 5.82 Å². The van der Waals surface area contributed by atoms with Crippen LogP contribution in [-0.4, -0.2) is 45.2 Å². The zero-order valence-corrected chi connectivity index (χ0v) is 13.9. The largest absolute Gasteiger partial charge is 0.468 e. The molecule has 1 aromatic heterocycles. The van der Waals surface area contributed by atoms with Crippen molar-refractivity contribution in [1.82, 2.24) is 4.98 Å². The maximum Gasteiger partial charge on any atom is 0.323 e. The van der Waals surface area contributed by atoms with Crippen molar-refractivity contribution in [3.63, 3.8) is 0 Å². The van der Waals surface area contributed by atoms with Crippen LogP contribution in [0.5, 0.6) is 0 Å². The molecule has 1 aromatic rings. The third kappa shape index (κ3) is 2.23. The van der Waals surface area contributed by atoms with Crippen molar-refractivity contribution < 1.29 is 19.1 Å². The number of rotatable bonds is 3. The van der Waals surface area contributed by atoms with Crippen molar-refractivity contribution >= 4 is 17.8 Å². The van der Waals surface area contributed by atoms with Crippen molar-refractivity contribution in [1.29, 1.82) is 0 Å². The maximum atomic E-state index is 12.3. The van der Waals surface area contributed by atoms with Gasteiger partial charge in [-0.1, -0.05) is 0 Å². The minimum Gasteiger partial charge on any atom is -0.468 e. The highest BCUT2D eigenvalue weighted by molar-refractivity contribution is 6.01. The normalized spacial score (nSPS) is 15.2. The molecule has 0 saturated carbocycles. The SMILES string of the molecule is COC(=O)C1(C(=O)OC)Cc2c(C)nc(N(C)C)c(C)c2C1. The van der Waals surface area contributed by atoms with E-state index in [2.05, 4.69) is 4.98 Å². The molecule has 0 unspecified atom stereocenters. The third-order valence-corrected chi connectivity index (χ3v) is 4.40. The first-order valence-electron chi connectivity index (χ1n) is 7.11. The van der Waals surface area contributed by atoms with E-state index in [1.54, 1.807) is 0 Å². The first-order chi connectivity index (χ1) is 10.3. The van der Waals surface area contributed by atoms with Crippen molar-refractivity contribution in [3.05, 3.63) is 22.4 Å². The molecule has 0 aliphatic heterocycles. The number of esters is 2. The molecular weight excluding hydrogens is 284 g/mol. The zero-order chi connectivity index (χ0) is 16.7. The van der Waals surface area contributed by atoms with Crippen LogP contribution < -0.4 is 4.90 Å². The third-order valence-electron chi connectivity index (χ3n) is 4.40. The van der Waals surface area contributed by atoms with Gasteiger partial charge in [-0.25, -0.2) is 4.98 Å². The Bertz CT molecular complexity index is 622. The van der Waals surface area contributed by atoms with Crippen molar-refractivity contribution in [2.24, 2.45) is 5.41 Å².